The third-order valence-electron chi connectivity index (χ3n) is 1.63. The zero-order valence-electron chi connectivity index (χ0n) is 6.91. The quantitative estimate of drug-likeness (QED) is 0.515. The van der Waals surface area contributed by atoms with Gasteiger partial charge in [0, 0.05) is 0 Å². The van der Waals surface area contributed by atoms with E-state index in [9.17, 15) is 0 Å². The van der Waals surface area contributed by atoms with Gasteiger partial charge >= 0.3 is 0 Å². The average molecular weight is 135 g/mol. The highest BCUT2D eigenvalue weighted by molar-refractivity contribution is 6.67. The summed E-state index contributed by atoms with van der Waals surface area (Å²) in [5.74, 6) is 0. The van der Waals surface area contributed by atoms with E-state index in [4.69, 9.17) is 0 Å². The van der Waals surface area contributed by atoms with Crippen LogP contribution in [0, 0.1) is 0 Å². The fraction of sp³-hybridized carbons (Fsp3) is 0.375. The number of rotatable bonds is 1. The average Bonchev–Trinajstić information content (AvgIpc) is 1.88. The third kappa shape index (κ3) is 1.60. The summed E-state index contributed by atoms with van der Waals surface area (Å²) in [6.45, 7) is 6.75. The summed E-state index contributed by atoms with van der Waals surface area (Å²) < 4.78 is 2.25. The molecule has 0 atom stereocenters. The van der Waals surface area contributed by atoms with Crippen LogP contribution in [0.4, 0.5) is 0 Å². The van der Waals surface area contributed by atoms with Crippen LogP contribution in [0.3, 0.4) is 0 Å². The molecule has 0 bridgehead atoms. The van der Waals surface area contributed by atoms with E-state index in [1.165, 1.54) is 0 Å². The van der Waals surface area contributed by atoms with E-state index in [-0.39, 0.29) is 6.28 Å². The molecule has 0 aliphatic rings. The van der Waals surface area contributed by atoms with Crippen molar-refractivity contribution in [1.82, 2.24) is 0 Å². The summed E-state index contributed by atoms with van der Waals surface area (Å²) in [6.07, 6.45) is 3.84. The second-order valence-electron chi connectivity index (χ2n) is 3.83. The number of hydrogen-bond acceptors (Lipinski definition) is 0. The van der Waals surface area contributed by atoms with E-state index in [0.29, 0.717) is 0 Å². The maximum Gasteiger partial charge on any atom is 0.269 e. The van der Waals surface area contributed by atoms with Crippen molar-refractivity contribution < 1.29 is 4.48 Å². The van der Waals surface area contributed by atoms with Crippen LogP contribution < -0.4 is 4.48 Å². The van der Waals surface area contributed by atoms with Gasteiger partial charge in [0.15, 0.2) is 0 Å². The number of aromatic nitrogens is 1. The highest BCUT2D eigenvalue weighted by Crippen LogP contribution is 1.93. The fourth-order valence-corrected chi connectivity index (χ4v) is 0.928. The minimum atomic E-state index is -0.387. The summed E-state index contributed by atoms with van der Waals surface area (Å²) in [4.78, 5) is 0. The Labute approximate surface area is 62.6 Å². The third-order valence-corrected chi connectivity index (χ3v) is 1.63. The van der Waals surface area contributed by atoms with Gasteiger partial charge in [-0.2, -0.15) is 0 Å². The van der Waals surface area contributed by atoms with Gasteiger partial charge in [-0.3, -0.25) is 0 Å². The minimum absolute atomic E-state index is 0.387. The van der Waals surface area contributed by atoms with E-state index < -0.39 is 0 Å². The van der Waals surface area contributed by atoms with Gasteiger partial charge in [-0.15, -0.1) is 20.5 Å². The van der Waals surface area contributed by atoms with Crippen molar-refractivity contribution in [3.8, 4) is 0 Å². The lowest BCUT2D eigenvalue weighted by molar-refractivity contribution is -0.545. The Hall–Kier alpha value is -0.785. The van der Waals surface area contributed by atoms with Crippen LogP contribution in [0.5, 0.6) is 0 Å². The predicted molar refractivity (Wildman–Crippen MR) is 45.4 cm³/mol. The Balaban J connectivity index is 2.97. The van der Waals surface area contributed by atoms with Crippen LogP contribution >= 0.6 is 0 Å². The summed E-state index contributed by atoms with van der Waals surface area (Å²) in [6, 6.07) is 6.16. The number of pyridine rings is 1. The van der Waals surface area contributed by atoms with Gasteiger partial charge in [0.2, 0.25) is 0 Å². The Morgan fingerprint density at radius 2 is 1.40 bits per heavy atom. The Morgan fingerprint density at radius 3 is 1.70 bits per heavy atom. The molecule has 0 spiro atoms. The van der Waals surface area contributed by atoms with Gasteiger partial charge in [0.05, 0.1) is 0 Å². The largest absolute Gasteiger partial charge is 0.427 e. The molecule has 0 saturated carbocycles. The lowest BCUT2D eigenvalue weighted by atomic mass is 9.41. The zero-order valence-corrected chi connectivity index (χ0v) is 6.91. The molecule has 1 heterocycles. The van der Waals surface area contributed by atoms with Crippen molar-refractivity contribution >= 4 is 6.28 Å². The highest BCUT2D eigenvalue weighted by Gasteiger charge is 2.16. The van der Waals surface area contributed by atoms with Crippen LogP contribution in [0.1, 0.15) is 0 Å². The maximum atomic E-state index is 2.25. The zero-order chi connectivity index (χ0) is 7.61. The van der Waals surface area contributed by atoms with Crippen molar-refractivity contribution in [3.05, 3.63) is 30.6 Å². The van der Waals surface area contributed by atoms with E-state index in [1.54, 1.807) is 0 Å². The molecular weight excluding hydrogens is 121 g/mol. The SMILES string of the molecule is C[B-](C)(C)[n+]1ccccc1. The number of nitrogens with zero attached hydrogens (tertiary/aromatic N) is 1. The standard InChI is InChI=1S/C8H14BN/c1-9(2,3)10-7-5-4-6-8-10/h4-8H,1-3H3. The molecule has 0 aromatic carbocycles. The van der Waals surface area contributed by atoms with Crippen LogP contribution in [-0.4, -0.2) is 6.28 Å². The predicted octanol–water partition coefficient (Wildman–Crippen LogP) is 1.66. The first-order valence-electron chi connectivity index (χ1n) is 3.84. The first kappa shape index (κ1) is 7.32. The Morgan fingerprint density at radius 1 is 0.900 bits per heavy atom. The molecule has 1 aromatic heterocycles. The van der Waals surface area contributed by atoms with Crippen LogP contribution in [-0.2, 0) is 0 Å². The molecule has 10 heavy (non-hydrogen) atoms. The molecule has 0 N–H and O–H groups in total. The fourth-order valence-electron chi connectivity index (χ4n) is 0.928. The van der Waals surface area contributed by atoms with Crippen molar-refractivity contribution in [2.75, 3.05) is 0 Å². The van der Waals surface area contributed by atoms with Gasteiger partial charge < -0.3 is 4.48 Å². The van der Waals surface area contributed by atoms with Gasteiger partial charge in [-0.25, -0.2) is 0 Å². The van der Waals surface area contributed by atoms with Gasteiger partial charge in [0.1, 0.15) is 12.4 Å². The number of hydrogen-bond donors (Lipinski definition) is 0. The molecule has 1 rings (SSSR count). The molecule has 54 valence electrons. The molecule has 0 aliphatic carbocycles. The summed E-state index contributed by atoms with van der Waals surface area (Å²) in [7, 11) is 0. The highest BCUT2D eigenvalue weighted by atomic mass is 14.9. The lowest BCUT2D eigenvalue weighted by Gasteiger charge is -2.17. The van der Waals surface area contributed by atoms with Gasteiger partial charge in [0.25, 0.3) is 6.28 Å². The molecule has 2 heteroatoms. The second-order valence-corrected chi connectivity index (χ2v) is 3.83. The van der Waals surface area contributed by atoms with Crippen LogP contribution in [0.25, 0.3) is 0 Å². The van der Waals surface area contributed by atoms with Crippen molar-refractivity contribution in [2.24, 2.45) is 0 Å². The summed E-state index contributed by atoms with van der Waals surface area (Å²) in [5.41, 5.74) is 0. The topological polar surface area (TPSA) is 3.88 Å². The molecule has 0 radical (unpaired) electrons. The van der Waals surface area contributed by atoms with E-state index in [1.807, 2.05) is 6.07 Å². The molecule has 0 saturated heterocycles. The van der Waals surface area contributed by atoms with Crippen molar-refractivity contribution in [2.45, 2.75) is 20.5 Å². The van der Waals surface area contributed by atoms with Gasteiger partial charge in [-0.05, 0) is 12.1 Å². The van der Waals surface area contributed by atoms with E-state index in [2.05, 4.69) is 49.5 Å². The molecule has 0 fully saturated rings. The molecule has 0 amide bonds. The maximum absolute atomic E-state index is 2.25. The summed E-state index contributed by atoms with van der Waals surface area (Å²) >= 11 is 0. The molecule has 1 aromatic rings. The first-order chi connectivity index (χ1) is 4.61. The van der Waals surface area contributed by atoms with Crippen LogP contribution in [0.15, 0.2) is 30.6 Å². The second kappa shape index (κ2) is 2.45. The molecule has 1 nitrogen and oxygen atoms in total. The first-order valence-corrected chi connectivity index (χ1v) is 3.84. The Kier molecular flexibility index (Phi) is 1.79. The Bertz CT molecular complexity index is 200. The molecular formula is C8H14BN. The van der Waals surface area contributed by atoms with E-state index >= 15 is 0 Å². The minimum Gasteiger partial charge on any atom is -0.427 e. The lowest BCUT2D eigenvalue weighted by Crippen LogP contribution is -2.57. The smallest absolute Gasteiger partial charge is 0.269 e. The molecule has 0 unspecified atom stereocenters. The van der Waals surface area contributed by atoms with Crippen molar-refractivity contribution in [1.29, 1.82) is 0 Å². The van der Waals surface area contributed by atoms with Crippen molar-refractivity contribution in [3.63, 3.8) is 0 Å². The van der Waals surface area contributed by atoms with Crippen LogP contribution in [0.2, 0.25) is 20.5 Å². The monoisotopic (exact) mass is 135 g/mol. The summed E-state index contributed by atoms with van der Waals surface area (Å²) in [5, 5.41) is 0. The van der Waals surface area contributed by atoms with Gasteiger partial charge in [-0.1, -0.05) is 6.07 Å². The molecule has 0 aliphatic heterocycles. The normalized spacial score (nSPS) is 11.5. The van der Waals surface area contributed by atoms with E-state index in [0.717, 1.165) is 0 Å².